The Balaban J connectivity index is 0.000000331. The molecule has 1 saturated heterocycles. The van der Waals surface area contributed by atoms with Crippen molar-refractivity contribution < 1.29 is 18.3 Å². The molecule has 1 aliphatic heterocycles. The Bertz CT molecular complexity index is 1100. The summed E-state index contributed by atoms with van der Waals surface area (Å²) in [5, 5.41) is 0.978. The number of rotatable bonds is 5. The van der Waals surface area contributed by atoms with Crippen molar-refractivity contribution >= 4 is 22.8 Å². The first-order chi connectivity index (χ1) is 15.8. The van der Waals surface area contributed by atoms with Crippen molar-refractivity contribution in [3.63, 3.8) is 0 Å². The molecule has 1 fully saturated rings. The number of primary amides is 1. The molecule has 0 atom stereocenters. The van der Waals surface area contributed by atoms with Crippen LogP contribution in [0.5, 0.6) is 0 Å². The molecule has 6 nitrogen and oxygen atoms in total. The van der Waals surface area contributed by atoms with Gasteiger partial charge in [0.2, 0.25) is 0 Å². The molecule has 1 amide bonds. The second kappa shape index (κ2) is 11.0. The Labute approximate surface area is 192 Å². The number of alkyl halides is 2. The van der Waals surface area contributed by atoms with Crippen LogP contribution < -0.4 is 10.6 Å². The highest BCUT2D eigenvalue weighted by molar-refractivity contribution is 5.91. The minimum absolute atomic E-state index is 0.0260. The summed E-state index contributed by atoms with van der Waals surface area (Å²) in [4.78, 5) is 21.5. The molecule has 0 unspecified atom stereocenters. The van der Waals surface area contributed by atoms with E-state index in [0.29, 0.717) is 23.9 Å². The van der Waals surface area contributed by atoms with E-state index in [1.807, 2.05) is 39.0 Å². The van der Waals surface area contributed by atoms with Crippen LogP contribution >= 0.6 is 0 Å². The molecule has 2 N–H and O–H groups in total. The summed E-state index contributed by atoms with van der Waals surface area (Å²) in [6.07, 6.45) is -0.998. The predicted octanol–water partition coefficient (Wildman–Crippen LogP) is 5.88. The molecule has 4 rings (SSSR count). The molecule has 0 aliphatic carbocycles. The molecule has 2 heterocycles. The smallest absolute Gasteiger partial charge is 0.404 e. The first-order valence-corrected chi connectivity index (χ1v) is 11.1. The van der Waals surface area contributed by atoms with Gasteiger partial charge in [-0.25, -0.2) is 23.5 Å². The molecule has 1 aliphatic rings. The van der Waals surface area contributed by atoms with E-state index in [2.05, 4.69) is 20.4 Å². The fraction of sp³-hybridized carbons (Fsp3) is 0.400. The topological polar surface area (TPSA) is 81.3 Å². The molecule has 0 spiro atoms. The first-order valence-electron chi connectivity index (χ1n) is 11.1. The fourth-order valence-corrected chi connectivity index (χ4v) is 3.65. The predicted molar refractivity (Wildman–Crippen MR) is 126 cm³/mol. The molecular formula is C25H30F2N4O2. The van der Waals surface area contributed by atoms with Gasteiger partial charge in [-0.15, -0.1) is 0 Å². The van der Waals surface area contributed by atoms with Crippen LogP contribution in [0, 0.1) is 12.8 Å². The quantitative estimate of drug-likeness (QED) is 0.518. The molecule has 176 valence electrons. The molecule has 0 saturated carbocycles. The van der Waals surface area contributed by atoms with E-state index in [1.54, 1.807) is 18.2 Å². The van der Waals surface area contributed by atoms with Crippen molar-refractivity contribution in [3.05, 3.63) is 53.6 Å². The van der Waals surface area contributed by atoms with E-state index < -0.39 is 12.5 Å². The summed E-state index contributed by atoms with van der Waals surface area (Å²) in [6.45, 7) is 8.19. The van der Waals surface area contributed by atoms with Gasteiger partial charge in [-0.1, -0.05) is 44.2 Å². The zero-order valence-corrected chi connectivity index (χ0v) is 19.2. The largest absolute Gasteiger partial charge is 0.449 e. The summed E-state index contributed by atoms with van der Waals surface area (Å²) in [5.41, 5.74) is 6.95. The van der Waals surface area contributed by atoms with Crippen LogP contribution in [0.4, 0.5) is 19.4 Å². The molecular weight excluding hydrogens is 426 g/mol. The number of fused-ring (bicyclic) bond motifs is 1. The van der Waals surface area contributed by atoms with Crippen LogP contribution in [0.2, 0.25) is 0 Å². The molecule has 8 heteroatoms. The lowest BCUT2D eigenvalue weighted by Gasteiger charge is -2.20. The number of nitrogens with two attached hydrogens (primary N) is 1. The number of ether oxygens (including phenoxy) is 1. The summed E-state index contributed by atoms with van der Waals surface area (Å²) >= 11 is 0. The van der Waals surface area contributed by atoms with Crippen LogP contribution in [0.3, 0.4) is 0 Å². The number of carbonyl (C=O) groups excluding carboxylic acids is 1. The number of halogens is 2. The number of anilines is 1. The number of hydrogen-bond acceptors (Lipinski definition) is 5. The summed E-state index contributed by atoms with van der Waals surface area (Å²) in [6, 6.07) is 12.5. The molecule has 3 aromatic rings. The van der Waals surface area contributed by atoms with Crippen LogP contribution in [0.25, 0.3) is 22.3 Å². The zero-order valence-electron chi connectivity index (χ0n) is 19.2. The number of amides is 1. The highest BCUT2D eigenvalue weighted by Crippen LogP contribution is 2.33. The van der Waals surface area contributed by atoms with Crippen LogP contribution in [0.15, 0.2) is 42.5 Å². The SMILES string of the molecule is CC(C)COC(N)=O.Cc1ccc2c(N3CCCC3)nc(-c3ccccc3C(F)F)nc2c1. The summed E-state index contributed by atoms with van der Waals surface area (Å²) < 4.78 is 31.3. The molecule has 33 heavy (non-hydrogen) atoms. The number of aryl methyl sites for hydroxylation is 1. The van der Waals surface area contributed by atoms with E-state index >= 15 is 0 Å². The maximum atomic E-state index is 13.4. The van der Waals surface area contributed by atoms with Gasteiger partial charge in [-0.2, -0.15) is 0 Å². The highest BCUT2D eigenvalue weighted by Gasteiger charge is 2.21. The van der Waals surface area contributed by atoms with Gasteiger partial charge in [0, 0.05) is 29.6 Å². The van der Waals surface area contributed by atoms with Crippen molar-refractivity contribution in [2.45, 2.75) is 40.0 Å². The first kappa shape index (κ1) is 24.4. The van der Waals surface area contributed by atoms with Crippen LogP contribution in [0.1, 0.15) is 44.2 Å². The number of carbonyl (C=O) groups is 1. The maximum Gasteiger partial charge on any atom is 0.404 e. The Kier molecular flexibility index (Phi) is 8.14. The monoisotopic (exact) mass is 456 g/mol. The molecule has 2 aromatic carbocycles. The Morgan fingerprint density at radius 3 is 2.42 bits per heavy atom. The highest BCUT2D eigenvalue weighted by atomic mass is 19.3. The van der Waals surface area contributed by atoms with Gasteiger partial charge in [0.1, 0.15) is 5.82 Å². The lowest BCUT2D eigenvalue weighted by atomic mass is 10.1. The number of benzene rings is 2. The second-order valence-electron chi connectivity index (χ2n) is 8.50. The van der Waals surface area contributed by atoms with E-state index in [4.69, 9.17) is 4.98 Å². The summed E-state index contributed by atoms with van der Waals surface area (Å²) in [7, 11) is 0. The van der Waals surface area contributed by atoms with Crippen molar-refractivity contribution in [3.8, 4) is 11.4 Å². The maximum absolute atomic E-state index is 13.4. The average Bonchev–Trinajstić information content (AvgIpc) is 3.32. The Hall–Kier alpha value is -3.29. The summed E-state index contributed by atoms with van der Waals surface area (Å²) in [5.74, 6) is 1.58. The van der Waals surface area contributed by atoms with Gasteiger partial charge in [0.15, 0.2) is 5.82 Å². The van der Waals surface area contributed by atoms with E-state index in [1.165, 1.54) is 6.07 Å². The molecule has 0 bridgehead atoms. The van der Waals surface area contributed by atoms with Gasteiger partial charge in [0.25, 0.3) is 6.43 Å². The lowest BCUT2D eigenvalue weighted by Crippen LogP contribution is -2.20. The van der Waals surface area contributed by atoms with E-state index in [9.17, 15) is 13.6 Å². The average molecular weight is 457 g/mol. The number of nitrogens with zero attached hydrogens (tertiary/aromatic N) is 3. The second-order valence-corrected chi connectivity index (χ2v) is 8.50. The van der Waals surface area contributed by atoms with Gasteiger partial charge in [0.05, 0.1) is 12.1 Å². The number of hydrogen-bond donors (Lipinski definition) is 1. The molecule has 1 aromatic heterocycles. The van der Waals surface area contributed by atoms with Crippen molar-refractivity contribution in [1.82, 2.24) is 9.97 Å². The third-order valence-electron chi connectivity index (χ3n) is 5.23. The van der Waals surface area contributed by atoms with E-state index in [0.717, 1.165) is 48.2 Å². The lowest BCUT2D eigenvalue weighted by molar-refractivity contribution is 0.143. The van der Waals surface area contributed by atoms with Crippen LogP contribution in [-0.4, -0.2) is 35.8 Å². The van der Waals surface area contributed by atoms with Gasteiger partial charge in [-0.05, 0) is 43.4 Å². The Morgan fingerprint density at radius 2 is 1.82 bits per heavy atom. The van der Waals surface area contributed by atoms with Crippen molar-refractivity contribution in [2.75, 3.05) is 24.6 Å². The third kappa shape index (κ3) is 6.37. The third-order valence-corrected chi connectivity index (χ3v) is 5.23. The van der Waals surface area contributed by atoms with Gasteiger partial charge in [-0.3, -0.25) is 0 Å². The van der Waals surface area contributed by atoms with E-state index in [-0.39, 0.29) is 5.56 Å². The zero-order chi connectivity index (χ0) is 24.0. The van der Waals surface area contributed by atoms with Gasteiger partial charge < -0.3 is 15.4 Å². The van der Waals surface area contributed by atoms with Crippen molar-refractivity contribution in [2.24, 2.45) is 11.7 Å². The minimum atomic E-state index is -2.55. The standard InChI is InChI=1S/C20H19F2N3.C5H11NO2/c1-13-8-9-16-17(12-13)23-19(24-20(16)25-10-4-5-11-25)15-7-3-2-6-14(15)18(21)22;1-4(2)3-8-5(6)7/h2-3,6-9,12,18H,4-5,10-11H2,1H3;4H,3H2,1-2H3,(H2,6,7). The number of aromatic nitrogens is 2. The minimum Gasteiger partial charge on any atom is -0.449 e. The fourth-order valence-electron chi connectivity index (χ4n) is 3.65. The van der Waals surface area contributed by atoms with Gasteiger partial charge >= 0.3 is 6.09 Å². The van der Waals surface area contributed by atoms with Crippen LogP contribution in [-0.2, 0) is 4.74 Å². The normalized spacial score (nSPS) is 13.4. The Morgan fingerprint density at radius 1 is 1.12 bits per heavy atom. The van der Waals surface area contributed by atoms with Crippen molar-refractivity contribution in [1.29, 1.82) is 0 Å². The molecule has 0 radical (unpaired) electrons.